The summed E-state index contributed by atoms with van der Waals surface area (Å²) in [7, 11) is 0. The first-order chi connectivity index (χ1) is 13.5. The summed E-state index contributed by atoms with van der Waals surface area (Å²) in [6.45, 7) is 4.18. The van der Waals surface area contributed by atoms with Crippen LogP contribution >= 0.6 is 0 Å². The second kappa shape index (κ2) is 8.47. The summed E-state index contributed by atoms with van der Waals surface area (Å²) in [5, 5.41) is 0.518. The molecule has 28 heavy (non-hydrogen) atoms. The Kier molecular flexibility index (Phi) is 5.84. The number of rotatable bonds is 7. The number of nitrogens with one attached hydrogen (secondary N) is 2. The molecule has 0 spiro atoms. The average molecular weight is 378 g/mol. The molecular weight excluding hydrogens is 356 g/mol. The predicted molar refractivity (Wildman–Crippen MR) is 108 cm³/mol. The van der Waals surface area contributed by atoms with Crippen LogP contribution in [0.4, 0.5) is 5.95 Å². The number of amides is 1. The number of fused-ring (bicyclic) bond motifs is 1. The van der Waals surface area contributed by atoms with Crippen molar-refractivity contribution >= 4 is 28.5 Å². The van der Waals surface area contributed by atoms with E-state index in [2.05, 4.69) is 15.8 Å². The van der Waals surface area contributed by atoms with E-state index in [0.717, 1.165) is 5.56 Å². The number of aromatic nitrogens is 2. The van der Waals surface area contributed by atoms with E-state index in [0.29, 0.717) is 23.0 Å². The standard InChI is InChI=1S/C21H22N4O3/c1-3-25-20(28)16-6-4-5-7-17(16)22-21(25)24-23-19(27)13-12-18(26)15-10-8-14(2)9-11-15/h4-11H,3,12-13H2,1-2H3,(H,22,24)(H,23,27). The maximum Gasteiger partial charge on any atom is 0.262 e. The molecule has 0 aliphatic carbocycles. The van der Waals surface area contributed by atoms with Gasteiger partial charge in [-0.15, -0.1) is 0 Å². The first-order valence-corrected chi connectivity index (χ1v) is 9.14. The maximum absolute atomic E-state index is 12.5. The van der Waals surface area contributed by atoms with Crippen LogP contribution in [0, 0.1) is 6.92 Å². The minimum absolute atomic E-state index is 0.0314. The molecule has 0 saturated carbocycles. The van der Waals surface area contributed by atoms with Crippen molar-refractivity contribution in [3.8, 4) is 0 Å². The molecule has 0 atom stereocenters. The molecule has 0 bridgehead atoms. The fourth-order valence-corrected chi connectivity index (χ4v) is 2.86. The van der Waals surface area contributed by atoms with Crippen LogP contribution in [0.5, 0.6) is 0 Å². The van der Waals surface area contributed by atoms with Gasteiger partial charge in [-0.2, -0.15) is 0 Å². The molecule has 2 N–H and O–H groups in total. The Labute approximate surface area is 162 Å². The van der Waals surface area contributed by atoms with Gasteiger partial charge >= 0.3 is 0 Å². The van der Waals surface area contributed by atoms with Gasteiger partial charge in [0, 0.05) is 24.9 Å². The number of benzene rings is 2. The molecule has 144 valence electrons. The lowest BCUT2D eigenvalue weighted by Gasteiger charge is -2.14. The van der Waals surface area contributed by atoms with Gasteiger partial charge in [-0.3, -0.25) is 29.8 Å². The second-order valence-corrected chi connectivity index (χ2v) is 6.46. The van der Waals surface area contributed by atoms with Crippen LogP contribution < -0.4 is 16.4 Å². The smallest absolute Gasteiger partial charge is 0.262 e. The molecule has 2 aromatic carbocycles. The number of hydrogen-bond acceptors (Lipinski definition) is 5. The summed E-state index contributed by atoms with van der Waals surface area (Å²) in [5.41, 5.74) is 7.25. The fraction of sp³-hybridized carbons (Fsp3) is 0.238. The molecule has 0 saturated heterocycles. The van der Waals surface area contributed by atoms with Crippen molar-refractivity contribution in [2.45, 2.75) is 33.2 Å². The lowest BCUT2D eigenvalue weighted by Crippen LogP contribution is -2.34. The molecule has 7 heteroatoms. The van der Waals surface area contributed by atoms with Crippen molar-refractivity contribution < 1.29 is 9.59 Å². The van der Waals surface area contributed by atoms with Crippen molar-refractivity contribution in [1.29, 1.82) is 0 Å². The summed E-state index contributed by atoms with van der Waals surface area (Å²) in [6.07, 6.45) is 0.131. The van der Waals surface area contributed by atoms with Crippen molar-refractivity contribution in [3.05, 3.63) is 70.0 Å². The van der Waals surface area contributed by atoms with E-state index in [1.807, 2.05) is 26.0 Å². The Hall–Kier alpha value is -3.48. The van der Waals surface area contributed by atoms with E-state index < -0.39 is 0 Å². The zero-order chi connectivity index (χ0) is 20.1. The van der Waals surface area contributed by atoms with E-state index in [1.165, 1.54) is 4.57 Å². The number of nitrogens with zero attached hydrogens (tertiary/aromatic N) is 2. The second-order valence-electron chi connectivity index (χ2n) is 6.46. The number of carbonyl (C=O) groups excluding carboxylic acids is 2. The lowest BCUT2D eigenvalue weighted by molar-refractivity contribution is -0.120. The van der Waals surface area contributed by atoms with Gasteiger partial charge < -0.3 is 0 Å². The third-order valence-electron chi connectivity index (χ3n) is 4.44. The Morgan fingerprint density at radius 2 is 1.75 bits per heavy atom. The summed E-state index contributed by atoms with van der Waals surface area (Å²) in [5.74, 6) is -0.195. The highest BCUT2D eigenvalue weighted by molar-refractivity contribution is 5.98. The van der Waals surface area contributed by atoms with Crippen molar-refractivity contribution in [2.24, 2.45) is 0 Å². The highest BCUT2D eigenvalue weighted by Gasteiger charge is 2.12. The van der Waals surface area contributed by atoms with Gasteiger partial charge in [0.2, 0.25) is 11.9 Å². The maximum atomic E-state index is 12.5. The average Bonchev–Trinajstić information content (AvgIpc) is 2.71. The number of hydrazine groups is 1. The van der Waals surface area contributed by atoms with Crippen LogP contribution in [-0.4, -0.2) is 21.2 Å². The molecule has 7 nitrogen and oxygen atoms in total. The Balaban J connectivity index is 1.63. The summed E-state index contributed by atoms with van der Waals surface area (Å²) in [4.78, 5) is 41.2. The molecular formula is C21H22N4O3. The molecule has 0 unspecified atom stereocenters. The molecule has 0 aliphatic heterocycles. The van der Waals surface area contributed by atoms with Gasteiger partial charge in [0.1, 0.15) is 0 Å². The van der Waals surface area contributed by atoms with Crippen molar-refractivity contribution in [1.82, 2.24) is 15.0 Å². The molecule has 1 amide bonds. The Morgan fingerprint density at radius 1 is 1.04 bits per heavy atom. The number of para-hydroxylation sites is 1. The fourth-order valence-electron chi connectivity index (χ4n) is 2.86. The molecule has 3 rings (SSSR count). The lowest BCUT2D eigenvalue weighted by atomic mass is 10.1. The van der Waals surface area contributed by atoms with Crippen LogP contribution in [0.1, 0.15) is 35.7 Å². The monoisotopic (exact) mass is 378 g/mol. The van der Waals surface area contributed by atoms with E-state index in [1.54, 1.807) is 36.4 Å². The van der Waals surface area contributed by atoms with E-state index >= 15 is 0 Å². The van der Waals surface area contributed by atoms with Gasteiger partial charge in [-0.05, 0) is 26.0 Å². The zero-order valence-corrected chi connectivity index (χ0v) is 15.9. The number of aryl methyl sites for hydroxylation is 1. The minimum atomic E-state index is -0.356. The van der Waals surface area contributed by atoms with Crippen molar-refractivity contribution in [3.63, 3.8) is 0 Å². The van der Waals surface area contributed by atoms with Gasteiger partial charge in [0.25, 0.3) is 5.56 Å². The SMILES string of the molecule is CCn1c(NNC(=O)CCC(=O)c2ccc(C)cc2)nc2ccccc2c1=O. The molecule has 1 heterocycles. The number of ketones is 1. The summed E-state index contributed by atoms with van der Waals surface area (Å²) >= 11 is 0. The van der Waals surface area contributed by atoms with Crippen LogP contribution in [0.2, 0.25) is 0 Å². The van der Waals surface area contributed by atoms with Gasteiger partial charge in [0.15, 0.2) is 5.78 Å². The Bertz CT molecular complexity index is 1070. The van der Waals surface area contributed by atoms with Crippen LogP contribution in [0.15, 0.2) is 53.3 Å². The quantitative estimate of drug-likeness (QED) is 0.487. The Morgan fingerprint density at radius 3 is 2.46 bits per heavy atom. The third-order valence-corrected chi connectivity index (χ3v) is 4.44. The summed E-state index contributed by atoms with van der Waals surface area (Å²) < 4.78 is 1.44. The molecule has 3 aromatic rings. The number of Topliss-reactive ketones (excluding diaryl/α,β-unsaturated/α-hetero) is 1. The molecule has 0 fully saturated rings. The van der Waals surface area contributed by atoms with Crippen molar-refractivity contribution in [2.75, 3.05) is 5.43 Å². The van der Waals surface area contributed by atoms with E-state index in [-0.39, 0.29) is 36.0 Å². The predicted octanol–water partition coefficient (Wildman–Crippen LogP) is 2.83. The van der Waals surface area contributed by atoms with E-state index in [9.17, 15) is 14.4 Å². The van der Waals surface area contributed by atoms with Crippen LogP contribution in [0.3, 0.4) is 0 Å². The number of carbonyl (C=O) groups is 2. The van der Waals surface area contributed by atoms with Crippen LogP contribution in [0.25, 0.3) is 10.9 Å². The van der Waals surface area contributed by atoms with Gasteiger partial charge in [0.05, 0.1) is 10.9 Å². The normalized spacial score (nSPS) is 10.6. The zero-order valence-electron chi connectivity index (χ0n) is 15.9. The minimum Gasteiger partial charge on any atom is -0.294 e. The first kappa shape index (κ1) is 19.3. The number of anilines is 1. The first-order valence-electron chi connectivity index (χ1n) is 9.14. The summed E-state index contributed by atoms with van der Waals surface area (Å²) in [6, 6.07) is 14.3. The molecule has 0 radical (unpaired) electrons. The topological polar surface area (TPSA) is 93.1 Å². The van der Waals surface area contributed by atoms with Gasteiger partial charge in [-0.1, -0.05) is 42.0 Å². The highest BCUT2D eigenvalue weighted by atomic mass is 16.2. The molecule has 1 aromatic heterocycles. The third kappa shape index (κ3) is 4.25. The van der Waals surface area contributed by atoms with E-state index in [4.69, 9.17) is 0 Å². The molecule has 0 aliphatic rings. The largest absolute Gasteiger partial charge is 0.294 e. The highest BCUT2D eigenvalue weighted by Crippen LogP contribution is 2.11. The van der Waals surface area contributed by atoms with Crippen LogP contribution in [-0.2, 0) is 11.3 Å². The van der Waals surface area contributed by atoms with Gasteiger partial charge in [-0.25, -0.2) is 4.98 Å². The number of hydrogen-bond donors (Lipinski definition) is 2.